The maximum Gasteiger partial charge on any atom is 0.375 e. The minimum atomic E-state index is -1.61. The van der Waals surface area contributed by atoms with E-state index in [1.807, 2.05) is 30.3 Å². The van der Waals surface area contributed by atoms with Gasteiger partial charge >= 0.3 is 5.97 Å². The van der Waals surface area contributed by atoms with Gasteiger partial charge in [-0.2, -0.15) is 0 Å². The van der Waals surface area contributed by atoms with E-state index in [0.717, 1.165) is 10.8 Å². The van der Waals surface area contributed by atoms with Crippen LogP contribution in [0.15, 0.2) is 42.5 Å². The Morgan fingerprint density at radius 2 is 1.88 bits per heavy atom. The van der Waals surface area contributed by atoms with Crippen LogP contribution in [0, 0.1) is 0 Å². The van der Waals surface area contributed by atoms with E-state index in [1.165, 1.54) is 7.11 Å². The first-order valence-corrected chi connectivity index (χ1v) is 5.12. The predicted molar refractivity (Wildman–Crippen MR) is 62.6 cm³/mol. The van der Waals surface area contributed by atoms with Crippen molar-refractivity contribution in [3.63, 3.8) is 0 Å². The van der Waals surface area contributed by atoms with Gasteiger partial charge in [0, 0.05) is 5.39 Å². The van der Waals surface area contributed by atoms with E-state index in [2.05, 4.69) is 4.74 Å². The third-order valence-electron chi connectivity index (χ3n) is 2.39. The zero-order valence-electron chi connectivity index (χ0n) is 9.29. The minimum absolute atomic E-state index is 0.445. The fourth-order valence-electron chi connectivity index (χ4n) is 1.57. The van der Waals surface area contributed by atoms with Crippen LogP contribution < -0.4 is 4.74 Å². The van der Waals surface area contributed by atoms with E-state index in [9.17, 15) is 9.90 Å². The first-order chi connectivity index (χ1) is 8.22. The molecule has 88 valence electrons. The van der Waals surface area contributed by atoms with Crippen molar-refractivity contribution in [3.05, 3.63) is 42.5 Å². The van der Waals surface area contributed by atoms with Gasteiger partial charge in [-0.15, -0.1) is 0 Å². The lowest BCUT2D eigenvalue weighted by Crippen LogP contribution is -2.27. The molecule has 0 aliphatic carbocycles. The van der Waals surface area contributed by atoms with E-state index >= 15 is 0 Å². The molecule has 1 unspecified atom stereocenters. The van der Waals surface area contributed by atoms with Crippen LogP contribution in [0.25, 0.3) is 10.8 Å². The van der Waals surface area contributed by atoms with Gasteiger partial charge in [0.1, 0.15) is 5.75 Å². The normalized spacial score (nSPS) is 12.1. The molecule has 0 radical (unpaired) electrons. The third-order valence-corrected chi connectivity index (χ3v) is 2.39. The number of aliphatic hydroxyl groups excluding tert-OH is 1. The molecule has 0 fully saturated rings. The van der Waals surface area contributed by atoms with Gasteiger partial charge in [0.05, 0.1) is 7.11 Å². The minimum Gasteiger partial charge on any atom is -0.464 e. The molecule has 4 nitrogen and oxygen atoms in total. The molecule has 0 heterocycles. The molecule has 17 heavy (non-hydrogen) atoms. The van der Waals surface area contributed by atoms with Crippen LogP contribution in [0.4, 0.5) is 0 Å². The molecular formula is C13H12O4. The van der Waals surface area contributed by atoms with Crippen molar-refractivity contribution >= 4 is 16.7 Å². The molecule has 2 rings (SSSR count). The van der Waals surface area contributed by atoms with Gasteiger partial charge in [0.15, 0.2) is 0 Å². The average Bonchev–Trinajstić information content (AvgIpc) is 2.38. The van der Waals surface area contributed by atoms with Crippen molar-refractivity contribution in [1.29, 1.82) is 0 Å². The molecule has 0 spiro atoms. The molecule has 2 aromatic carbocycles. The number of benzene rings is 2. The highest BCUT2D eigenvalue weighted by Gasteiger charge is 2.17. The SMILES string of the molecule is COC(=O)C(O)Oc1cccc2ccccc12. The van der Waals surface area contributed by atoms with Gasteiger partial charge in [-0.25, -0.2) is 4.79 Å². The standard InChI is InChI=1S/C13H12O4/c1-16-12(14)13(15)17-11-8-4-6-9-5-2-3-7-10(9)11/h2-8,13,15H,1H3. The number of ether oxygens (including phenoxy) is 2. The number of carbonyl (C=O) groups is 1. The molecule has 0 aliphatic rings. The highest BCUT2D eigenvalue weighted by atomic mass is 16.6. The van der Waals surface area contributed by atoms with Gasteiger partial charge in [0.25, 0.3) is 6.29 Å². The molecule has 0 aromatic heterocycles. The zero-order chi connectivity index (χ0) is 12.3. The third kappa shape index (κ3) is 2.37. The second-order valence-electron chi connectivity index (χ2n) is 3.47. The van der Waals surface area contributed by atoms with Crippen LogP contribution in [0.5, 0.6) is 5.75 Å². The molecule has 0 aliphatic heterocycles. The van der Waals surface area contributed by atoms with Crippen LogP contribution in [0.2, 0.25) is 0 Å². The molecule has 1 atom stereocenters. The number of hydrogen-bond donors (Lipinski definition) is 1. The van der Waals surface area contributed by atoms with E-state index in [-0.39, 0.29) is 0 Å². The number of esters is 1. The van der Waals surface area contributed by atoms with Gasteiger partial charge < -0.3 is 14.6 Å². The van der Waals surface area contributed by atoms with Crippen LogP contribution in [0.1, 0.15) is 0 Å². The van der Waals surface area contributed by atoms with E-state index in [4.69, 9.17) is 4.74 Å². The monoisotopic (exact) mass is 232 g/mol. The highest BCUT2D eigenvalue weighted by molar-refractivity contribution is 5.88. The zero-order valence-corrected chi connectivity index (χ0v) is 9.29. The van der Waals surface area contributed by atoms with Crippen molar-refractivity contribution in [2.24, 2.45) is 0 Å². The first kappa shape index (κ1) is 11.4. The molecular weight excluding hydrogens is 220 g/mol. The summed E-state index contributed by atoms with van der Waals surface area (Å²) in [5.74, 6) is -0.376. The maximum atomic E-state index is 11.1. The van der Waals surface area contributed by atoms with E-state index in [1.54, 1.807) is 12.1 Å². The van der Waals surface area contributed by atoms with E-state index in [0.29, 0.717) is 5.75 Å². The summed E-state index contributed by atoms with van der Waals surface area (Å²) >= 11 is 0. The lowest BCUT2D eigenvalue weighted by atomic mass is 10.1. The Morgan fingerprint density at radius 1 is 1.18 bits per heavy atom. The summed E-state index contributed by atoms with van der Waals surface area (Å²) in [6.45, 7) is 0. The second-order valence-corrected chi connectivity index (χ2v) is 3.47. The number of carbonyl (C=O) groups excluding carboxylic acids is 1. The number of fused-ring (bicyclic) bond motifs is 1. The number of hydrogen-bond acceptors (Lipinski definition) is 4. The highest BCUT2D eigenvalue weighted by Crippen LogP contribution is 2.25. The Bertz CT molecular complexity index is 530. The second kappa shape index (κ2) is 4.84. The van der Waals surface area contributed by atoms with Crippen LogP contribution in [0.3, 0.4) is 0 Å². The first-order valence-electron chi connectivity index (χ1n) is 5.12. The van der Waals surface area contributed by atoms with Crippen molar-refractivity contribution in [3.8, 4) is 5.75 Å². The Morgan fingerprint density at radius 3 is 2.65 bits per heavy atom. The number of rotatable bonds is 3. The lowest BCUT2D eigenvalue weighted by Gasteiger charge is -2.12. The quantitative estimate of drug-likeness (QED) is 0.646. The van der Waals surface area contributed by atoms with Crippen LogP contribution in [-0.2, 0) is 9.53 Å². The summed E-state index contributed by atoms with van der Waals surface area (Å²) in [6.07, 6.45) is -1.61. The van der Waals surface area contributed by atoms with Crippen molar-refractivity contribution < 1.29 is 19.4 Å². The Labute approximate surface area is 98.4 Å². The van der Waals surface area contributed by atoms with Gasteiger partial charge in [-0.3, -0.25) is 0 Å². The lowest BCUT2D eigenvalue weighted by molar-refractivity contribution is -0.165. The molecule has 1 N–H and O–H groups in total. The molecule has 0 amide bonds. The average molecular weight is 232 g/mol. The van der Waals surface area contributed by atoms with Gasteiger partial charge in [-0.05, 0) is 11.5 Å². The van der Waals surface area contributed by atoms with Gasteiger partial charge in [0.2, 0.25) is 0 Å². The topological polar surface area (TPSA) is 55.8 Å². The largest absolute Gasteiger partial charge is 0.464 e. The maximum absolute atomic E-state index is 11.1. The van der Waals surface area contributed by atoms with Crippen LogP contribution in [-0.4, -0.2) is 24.5 Å². The smallest absolute Gasteiger partial charge is 0.375 e. The Kier molecular flexibility index (Phi) is 3.25. The number of methoxy groups -OCH3 is 1. The fourth-order valence-corrected chi connectivity index (χ4v) is 1.57. The Hall–Kier alpha value is -2.07. The Balaban J connectivity index is 2.33. The summed E-state index contributed by atoms with van der Waals surface area (Å²) in [6, 6.07) is 13.0. The van der Waals surface area contributed by atoms with Crippen molar-refractivity contribution in [2.75, 3.05) is 7.11 Å². The summed E-state index contributed by atoms with van der Waals surface area (Å²) in [5.41, 5.74) is 0. The van der Waals surface area contributed by atoms with E-state index < -0.39 is 12.3 Å². The van der Waals surface area contributed by atoms with Crippen molar-refractivity contribution in [1.82, 2.24) is 0 Å². The molecule has 2 aromatic rings. The number of aliphatic hydroxyl groups is 1. The summed E-state index contributed by atoms with van der Waals surface area (Å²) in [5, 5.41) is 11.2. The molecule has 4 heteroatoms. The molecule has 0 saturated carbocycles. The fraction of sp³-hybridized carbons (Fsp3) is 0.154. The van der Waals surface area contributed by atoms with Crippen molar-refractivity contribution in [2.45, 2.75) is 6.29 Å². The summed E-state index contributed by atoms with van der Waals surface area (Å²) < 4.78 is 9.54. The van der Waals surface area contributed by atoms with Crippen LogP contribution >= 0.6 is 0 Å². The summed E-state index contributed by atoms with van der Waals surface area (Å²) in [4.78, 5) is 11.1. The predicted octanol–water partition coefficient (Wildman–Crippen LogP) is 1.71. The molecule has 0 saturated heterocycles. The van der Waals surface area contributed by atoms with Gasteiger partial charge in [-0.1, -0.05) is 36.4 Å². The summed E-state index contributed by atoms with van der Waals surface area (Å²) in [7, 11) is 1.19. The molecule has 0 bridgehead atoms.